The molecule has 37 heteroatoms. The van der Waals surface area contributed by atoms with Crippen LogP contribution in [0.3, 0.4) is 0 Å². The van der Waals surface area contributed by atoms with E-state index >= 15 is 4.39 Å². The zero-order valence-corrected chi connectivity index (χ0v) is 69.3. The van der Waals surface area contributed by atoms with Gasteiger partial charge in [-0.1, -0.05) is 76.2 Å². The minimum Gasteiger partial charge on any atom is -0.481 e. The lowest BCUT2D eigenvalue weighted by molar-refractivity contribution is -0.191. The van der Waals surface area contributed by atoms with Gasteiger partial charge in [-0.15, -0.1) is 0 Å². The largest absolute Gasteiger partial charge is 0.481 e. The number of aryl methyl sites for hydroxylation is 1. The van der Waals surface area contributed by atoms with Crippen LogP contribution in [0.2, 0.25) is 0 Å². The predicted molar refractivity (Wildman–Crippen MR) is 445 cm³/mol. The number of rotatable bonds is 36. The van der Waals surface area contributed by atoms with Gasteiger partial charge in [-0.2, -0.15) is 0 Å². The first-order chi connectivity index (χ1) is 57.7. The molecule has 35 nitrogen and oxygen atoms in total. The third-order valence-electron chi connectivity index (χ3n) is 21.7. The average Bonchev–Trinajstić information content (AvgIpc) is 1.60. The second-order valence-electron chi connectivity index (χ2n) is 30.9. The van der Waals surface area contributed by atoms with Gasteiger partial charge in [0.2, 0.25) is 29.2 Å². The van der Waals surface area contributed by atoms with Crippen LogP contribution >= 0.6 is 0 Å². The van der Waals surface area contributed by atoms with Crippen LogP contribution in [-0.2, 0) is 89.6 Å². The Morgan fingerprint density at radius 1 is 0.736 bits per heavy atom. The van der Waals surface area contributed by atoms with Gasteiger partial charge in [0.1, 0.15) is 37.2 Å². The van der Waals surface area contributed by atoms with Gasteiger partial charge in [0.25, 0.3) is 15.6 Å². The summed E-state index contributed by atoms with van der Waals surface area (Å²) < 4.78 is 64.1. The summed E-state index contributed by atoms with van der Waals surface area (Å²) in [6, 6.07) is 22.1. The number of alkyl carbamates (subject to hydrolysis) is 1. The van der Waals surface area contributed by atoms with E-state index in [1.807, 2.05) is 61.2 Å². The minimum atomic E-state index is -4.20. The highest BCUT2D eigenvalue weighted by atomic mass is 32.2. The summed E-state index contributed by atoms with van der Waals surface area (Å²) in [6.07, 6.45) is -0.129. The molecule has 6 unspecified atom stereocenters. The quantitative estimate of drug-likeness (QED) is 0.0142. The number of hydrogen-bond acceptors (Lipinski definition) is 21. The monoisotopic (exact) mass is 1690 g/mol. The number of likely N-dealkylation sites (tertiary alicyclic amines) is 1. The van der Waals surface area contributed by atoms with Gasteiger partial charge in [-0.05, 0) is 161 Å². The third kappa shape index (κ3) is 21.9. The van der Waals surface area contributed by atoms with Crippen molar-refractivity contribution in [2.75, 3.05) is 101 Å². The molecule has 6 atom stereocenters. The first kappa shape index (κ1) is 89.2. The number of nitrogens with one attached hydrogen (secondary N) is 10. The van der Waals surface area contributed by atoms with Crippen molar-refractivity contribution in [3.8, 4) is 11.4 Å². The molecule has 1 saturated heterocycles. The molecule has 11 amide bonds. The molecule has 13 N–H and O–H groups in total. The third-order valence-corrected chi connectivity index (χ3v) is 23.1. The molecular formula is C84H102FN17O18S. The fraction of sp³-hybridized carbons (Fsp3) is 0.417. The second kappa shape index (κ2) is 39.5. The summed E-state index contributed by atoms with van der Waals surface area (Å²) in [5.41, 5.74) is 8.11. The fourth-order valence-corrected chi connectivity index (χ4v) is 16.3. The zero-order chi connectivity index (χ0) is 87.1. The van der Waals surface area contributed by atoms with E-state index in [9.17, 15) is 71.1 Å². The van der Waals surface area contributed by atoms with Gasteiger partial charge in [-0.25, -0.2) is 46.6 Å². The zero-order valence-electron chi connectivity index (χ0n) is 68.5. The number of aliphatic carboxylic acids is 1. The summed E-state index contributed by atoms with van der Waals surface area (Å²) in [6.45, 7) is 11.1. The summed E-state index contributed by atoms with van der Waals surface area (Å²) in [7, 11) is 1.29. The van der Waals surface area contributed by atoms with Crippen molar-refractivity contribution in [3.63, 3.8) is 0 Å². The number of carboxylic acid groups (broad SMARTS) is 1. The number of nitrogens with zero attached hydrogens (tertiary/aromatic N) is 6. The number of amides is 11. The number of sulfonamides is 1. The molecular weight excluding hydrogens is 1590 g/mol. The van der Waals surface area contributed by atoms with Crippen molar-refractivity contribution >= 4 is 109 Å². The predicted octanol–water partition coefficient (Wildman–Crippen LogP) is 6.77. The number of hydrogen-bond donors (Lipinski definition) is 12. The van der Waals surface area contributed by atoms with Gasteiger partial charge in [-0.3, -0.25) is 38.4 Å². The maximum absolute atomic E-state index is 15.8. The molecule has 3 aliphatic heterocycles. The van der Waals surface area contributed by atoms with Crippen LogP contribution in [0.25, 0.3) is 22.3 Å². The van der Waals surface area contributed by atoms with Crippen molar-refractivity contribution in [2.45, 2.75) is 146 Å². The Balaban J connectivity index is 0.624. The van der Waals surface area contributed by atoms with Crippen LogP contribution in [0.15, 0.2) is 125 Å². The number of nitrogens with two attached hydrogens (primary N) is 1. The lowest BCUT2D eigenvalue weighted by Crippen LogP contribution is -2.58. The summed E-state index contributed by atoms with van der Waals surface area (Å²) in [4.78, 5) is 175. The Hall–Kier alpha value is -12.6. The number of pyridine rings is 2. The number of aromatic nitrogens is 2. The van der Waals surface area contributed by atoms with E-state index in [0.717, 1.165) is 5.56 Å². The van der Waals surface area contributed by atoms with Gasteiger partial charge in [0, 0.05) is 97.7 Å². The van der Waals surface area contributed by atoms with E-state index in [4.69, 9.17) is 24.9 Å². The fourth-order valence-electron chi connectivity index (χ4n) is 15.2. The molecule has 1 aliphatic carbocycles. The first-order valence-electron chi connectivity index (χ1n) is 40.0. The van der Waals surface area contributed by atoms with E-state index < -0.39 is 148 Å². The normalized spacial score (nSPS) is 16.5. The molecule has 7 aromatic rings. The number of urea groups is 3. The molecule has 4 aliphatic rings. The van der Waals surface area contributed by atoms with Crippen molar-refractivity contribution in [1.82, 2.24) is 61.1 Å². The van der Waals surface area contributed by atoms with Crippen molar-refractivity contribution in [2.24, 2.45) is 11.7 Å². The van der Waals surface area contributed by atoms with Gasteiger partial charge in [0.15, 0.2) is 0 Å². The summed E-state index contributed by atoms with van der Waals surface area (Å²) in [5, 5.41) is 34.8. The van der Waals surface area contributed by atoms with E-state index in [1.165, 1.54) is 76.2 Å². The molecule has 0 spiro atoms. The Morgan fingerprint density at radius 3 is 2.07 bits per heavy atom. The number of cyclic esters (lactones) is 1. The lowest BCUT2D eigenvalue weighted by Gasteiger charge is -2.37. The Bertz CT molecular complexity index is 5290. The molecule has 0 bridgehead atoms. The maximum atomic E-state index is 15.8. The molecule has 644 valence electrons. The molecule has 11 rings (SSSR count). The highest BCUT2D eigenvalue weighted by Gasteiger charge is 2.52. The van der Waals surface area contributed by atoms with Crippen LogP contribution in [0, 0.1) is 18.7 Å². The number of ether oxygens (including phenoxy) is 3. The molecule has 2 aromatic heterocycles. The summed E-state index contributed by atoms with van der Waals surface area (Å²) >= 11 is 0. The lowest BCUT2D eigenvalue weighted by atomic mass is 9.81. The highest BCUT2D eigenvalue weighted by molar-refractivity contribution is 7.92. The number of carbonyl (C=O) groups is 11. The Morgan fingerprint density at radius 2 is 1.40 bits per heavy atom. The maximum Gasteiger partial charge on any atom is 0.407 e. The van der Waals surface area contributed by atoms with Crippen LogP contribution in [0.5, 0.6) is 0 Å². The number of primary amides is 1. The van der Waals surface area contributed by atoms with Crippen LogP contribution < -0.4 is 63.9 Å². The van der Waals surface area contributed by atoms with Crippen molar-refractivity contribution < 1.29 is 84.9 Å². The van der Waals surface area contributed by atoms with Crippen molar-refractivity contribution in [1.29, 1.82) is 0 Å². The number of carbonyl (C=O) groups excluding carboxylic acids is 10. The minimum absolute atomic E-state index is 0.00592. The molecule has 121 heavy (non-hydrogen) atoms. The second-order valence-corrected chi connectivity index (χ2v) is 32.6. The standard InChI is InChI=1S/C84H102FN17O18S/c1-9-30-87-80(112)91-54-20-15-22-56(39-54)121(116,117)97-55-21-14-19-51(38-55)63(43-70(105)106)94-82(114)90-53-26-24-52(25-27-53)89-81(113)88-31-33-98(6)34-35-99(7)36-37-100(8)45-69(104)92-65(42-68(86)103)77(109)101-32-16-23-66(101)75(107)96-73(48(3)4)78(110)120-84(10-2)60-40-67-74-58(44-102(67)76(108)59(60)47-118-79(84)111)72-62(95-83(115)119-46-50-17-12-11-13-18-50)29-28-57-49(5)61(85)41-64(93-74)71(57)72/h11-15,17-22,24-27,38-41,48,62-63,65-66,73,97H,9-10,16,23,28-37,42-47H2,1-8H3,(H2,86,103)(H,92,104)(H,95,115)(H,96,107)(H,105,106)(H2,87,91,112)(H2,88,89,113)(H2,90,94,114). The number of halogens is 1. The molecule has 0 saturated carbocycles. The molecule has 5 aromatic carbocycles. The SMILES string of the molecule is CCCNC(=O)Nc1cccc(S(=O)(=O)Nc2cccc(C(CC(=O)O)NC(=O)Nc3ccc(NC(=O)NCCN(C)CCN(C)CCN(C)CC(=O)NC(CC(N)=O)C(=O)N4CCCC4C(=O)NC(C(=O)OC4(CC)C(=O)OCc5c4cc4n(c5=O)Cc5c-4nc4cc(F)c(C)c6c4c5C(NC(=O)OCc4ccccc4)CC6)C(C)C)cc3)c2)c1. The van der Waals surface area contributed by atoms with E-state index in [1.54, 1.807) is 57.8 Å². The highest BCUT2D eigenvalue weighted by Crippen LogP contribution is 2.47. The van der Waals surface area contributed by atoms with E-state index in [2.05, 4.69) is 52.6 Å². The van der Waals surface area contributed by atoms with Crippen LogP contribution in [0.1, 0.15) is 129 Å². The van der Waals surface area contributed by atoms with E-state index in [-0.39, 0.29) is 95.5 Å². The number of fused-ring (bicyclic) bond motifs is 5. The number of esters is 2. The summed E-state index contributed by atoms with van der Waals surface area (Å²) in [5.74, 6) is -7.50. The van der Waals surface area contributed by atoms with Gasteiger partial charge < -0.3 is 92.2 Å². The van der Waals surface area contributed by atoms with Crippen LogP contribution in [-0.4, -0.2) is 207 Å². The number of carboxylic acids is 1. The molecule has 5 heterocycles. The smallest absolute Gasteiger partial charge is 0.407 e. The molecule has 1 fully saturated rings. The average molecular weight is 1690 g/mol. The Labute approximate surface area is 698 Å². The number of likely N-dealkylation sites (N-methyl/N-ethyl adjacent to an activating group) is 3. The van der Waals surface area contributed by atoms with Gasteiger partial charge in [0.05, 0.1) is 65.4 Å². The number of anilines is 4. The molecule has 0 radical (unpaired) electrons. The van der Waals surface area contributed by atoms with Crippen molar-refractivity contribution in [3.05, 3.63) is 176 Å². The van der Waals surface area contributed by atoms with Crippen LogP contribution in [0.4, 0.5) is 46.3 Å². The van der Waals surface area contributed by atoms with E-state index in [0.29, 0.717) is 104 Å². The van der Waals surface area contributed by atoms with Gasteiger partial charge >= 0.3 is 42.1 Å². The first-order valence-corrected chi connectivity index (χ1v) is 41.5. The topological polar surface area (TPSA) is 464 Å². The number of benzene rings is 5. The Kier molecular flexibility index (Phi) is 29.1.